The van der Waals surface area contributed by atoms with Gasteiger partial charge in [-0.2, -0.15) is 4.98 Å². The SMILES string of the molecule is O=C(CCC(=O)N1CCN(Cc2nc(-c3cccs3)no2)CC1)c1cccs1. The fourth-order valence-electron chi connectivity index (χ4n) is 3.11. The molecular weight excluding hydrogens is 396 g/mol. The van der Waals surface area contributed by atoms with Crippen LogP contribution >= 0.6 is 22.7 Å². The molecule has 146 valence electrons. The lowest BCUT2D eigenvalue weighted by Gasteiger charge is -2.34. The second-order valence-electron chi connectivity index (χ2n) is 6.55. The largest absolute Gasteiger partial charge is 0.340 e. The zero-order valence-electron chi connectivity index (χ0n) is 15.2. The number of carbonyl (C=O) groups is 2. The van der Waals surface area contributed by atoms with Crippen LogP contribution in [0.25, 0.3) is 10.7 Å². The highest BCUT2D eigenvalue weighted by Gasteiger charge is 2.23. The number of amides is 1. The summed E-state index contributed by atoms with van der Waals surface area (Å²) in [5.74, 6) is 1.29. The van der Waals surface area contributed by atoms with E-state index in [1.807, 2.05) is 33.9 Å². The summed E-state index contributed by atoms with van der Waals surface area (Å²) in [5.41, 5.74) is 0. The third-order valence-corrected chi connectivity index (χ3v) is 6.43. The number of Topliss-reactive ketones (excluding diaryl/α,β-unsaturated/α-hetero) is 1. The van der Waals surface area contributed by atoms with Crippen molar-refractivity contribution in [2.75, 3.05) is 26.2 Å². The smallest absolute Gasteiger partial charge is 0.241 e. The predicted molar refractivity (Wildman–Crippen MR) is 107 cm³/mol. The van der Waals surface area contributed by atoms with E-state index in [0.717, 1.165) is 22.8 Å². The van der Waals surface area contributed by atoms with Gasteiger partial charge in [-0.1, -0.05) is 17.3 Å². The molecule has 4 heterocycles. The molecular formula is C19H20N4O3S2. The van der Waals surface area contributed by atoms with Gasteiger partial charge in [0.2, 0.25) is 17.6 Å². The van der Waals surface area contributed by atoms with Crippen LogP contribution in [0.2, 0.25) is 0 Å². The normalized spacial score (nSPS) is 15.1. The quantitative estimate of drug-likeness (QED) is 0.551. The number of hydrogen-bond acceptors (Lipinski definition) is 8. The molecule has 0 unspecified atom stereocenters. The molecule has 0 aromatic carbocycles. The van der Waals surface area contributed by atoms with Crippen molar-refractivity contribution >= 4 is 34.4 Å². The molecule has 0 saturated carbocycles. The Hall–Kier alpha value is -2.36. The summed E-state index contributed by atoms with van der Waals surface area (Å²) in [6, 6.07) is 7.58. The van der Waals surface area contributed by atoms with Crippen molar-refractivity contribution in [2.45, 2.75) is 19.4 Å². The Morgan fingerprint density at radius 1 is 1.04 bits per heavy atom. The van der Waals surface area contributed by atoms with Gasteiger partial charge in [-0.3, -0.25) is 14.5 Å². The number of hydrogen-bond donors (Lipinski definition) is 0. The van der Waals surface area contributed by atoms with Crippen LogP contribution in [0.4, 0.5) is 0 Å². The van der Waals surface area contributed by atoms with Crippen molar-refractivity contribution in [1.82, 2.24) is 19.9 Å². The van der Waals surface area contributed by atoms with Gasteiger partial charge < -0.3 is 9.42 Å². The molecule has 1 saturated heterocycles. The Balaban J connectivity index is 1.22. The molecule has 0 bridgehead atoms. The number of thiophene rings is 2. The maximum absolute atomic E-state index is 12.4. The van der Waals surface area contributed by atoms with Crippen molar-refractivity contribution in [3.63, 3.8) is 0 Å². The number of rotatable bonds is 7. The van der Waals surface area contributed by atoms with Crippen LogP contribution in [0.5, 0.6) is 0 Å². The van der Waals surface area contributed by atoms with Crippen molar-refractivity contribution < 1.29 is 14.1 Å². The van der Waals surface area contributed by atoms with Crippen molar-refractivity contribution in [3.05, 3.63) is 45.8 Å². The first-order valence-corrected chi connectivity index (χ1v) is 10.9. The highest BCUT2D eigenvalue weighted by molar-refractivity contribution is 7.13. The first kappa shape index (κ1) is 19.0. The van der Waals surface area contributed by atoms with Crippen LogP contribution in [-0.2, 0) is 11.3 Å². The number of carbonyl (C=O) groups excluding carboxylic acids is 2. The minimum Gasteiger partial charge on any atom is -0.340 e. The monoisotopic (exact) mass is 416 g/mol. The van der Waals surface area contributed by atoms with Crippen LogP contribution in [0.3, 0.4) is 0 Å². The lowest BCUT2D eigenvalue weighted by atomic mass is 10.1. The van der Waals surface area contributed by atoms with Crippen LogP contribution in [0, 0.1) is 0 Å². The van der Waals surface area contributed by atoms with Crippen LogP contribution in [0.15, 0.2) is 39.5 Å². The van der Waals surface area contributed by atoms with Crippen LogP contribution in [-0.4, -0.2) is 57.8 Å². The first-order valence-electron chi connectivity index (χ1n) is 9.12. The summed E-state index contributed by atoms with van der Waals surface area (Å²) in [5, 5.41) is 7.89. The van der Waals surface area contributed by atoms with E-state index in [4.69, 9.17) is 4.52 Å². The Morgan fingerprint density at radius 3 is 2.54 bits per heavy atom. The number of ketones is 1. The van der Waals surface area contributed by atoms with Gasteiger partial charge in [-0.25, -0.2) is 0 Å². The zero-order valence-corrected chi connectivity index (χ0v) is 16.9. The van der Waals surface area contributed by atoms with Gasteiger partial charge in [-0.05, 0) is 22.9 Å². The summed E-state index contributed by atoms with van der Waals surface area (Å²) in [4.78, 5) is 34.6. The first-order chi connectivity index (χ1) is 13.7. The Labute approximate surface area is 170 Å². The predicted octanol–water partition coefficient (Wildman–Crippen LogP) is 3.17. The third kappa shape index (κ3) is 4.54. The van der Waals surface area contributed by atoms with Crippen LogP contribution < -0.4 is 0 Å². The van der Waals surface area contributed by atoms with Gasteiger partial charge >= 0.3 is 0 Å². The molecule has 0 radical (unpaired) electrons. The highest BCUT2D eigenvalue weighted by Crippen LogP contribution is 2.22. The lowest BCUT2D eigenvalue weighted by molar-refractivity contribution is -0.133. The van der Waals surface area contributed by atoms with Gasteiger partial charge in [0.15, 0.2) is 5.78 Å². The van der Waals surface area contributed by atoms with E-state index in [0.29, 0.717) is 31.3 Å². The van der Waals surface area contributed by atoms with Crippen molar-refractivity contribution in [1.29, 1.82) is 0 Å². The molecule has 28 heavy (non-hydrogen) atoms. The molecule has 0 atom stereocenters. The minimum atomic E-state index is 0.0416. The fourth-order valence-corrected chi connectivity index (χ4v) is 4.45. The van der Waals surface area contributed by atoms with E-state index in [-0.39, 0.29) is 24.5 Å². The van der Waals surface area contributed by atoms with Crippen molar-refractivity contribution in [2.24, 2.45) is 0 Å². The lowest BCUT2D eigenvalue weighted by Crippen LogP contribution is -2.48. The van der Waals surface area contributed by atoms with Gasteiger partial charge in [-0.15, -0.1) is 22.7 Å². The van der Waals surface area contributed by atoms with E-state index in [1.54, 1.807) is 17.4 Å². The van der Waals surface area contributed by atoms with Gasteiger partial charge in [0, 0.05) is 39.0 Å². The molecule has 3 aromatic heterocycles. The molecule has 0 aliphatic carbocycles. The minimum absolute atomic E-state index is 0.0416. The summed E-state index contributed by atoms with van der Waals surface area (Å²) < 4.78 is 5.35. The average molecular weight is 417 g/mol. The molecule has 7 nitrogen and oxygen atoms in total. The summed E-state index contributed by atoms with van der Waals surface area (Å²) >= 11 is 3.00. The average Bonchev–Trinajstić information content (AvgIpc) is 3.48. The Kier molecular flexibility index (Phi) is 5.94. The topological polar surface area (TPSA) is 79.5 Å². The van der Waals surface area contributed by atoms with Gasteiger partial charge in [0.1, 0.15) is 0 Å². The molecule has 0 spiro atoms. The molecule has 9 heteroatoms. The maximum atomic E-state index is 12.4. The standard InChI is InChI=1S/C19H20N4O3S2/c24-14(15-3-1-11-27-15)5-6-18(25)23-9-7-22(8-10-23)13-17-20-19(21-26-17)16-4-2-12-28-16/h1-4,11-12H,5-10,13H2. The van der Waals surface area contributed by atoms with E-state index in [1.165, 1.54) is 11.3 Å². The van der Waals surface area contributed by atoms with E-state index >= 15 is 0 Å². The fraction of sp³-hybridized carbons (Fsp3) is 0.368. The summed E-state index contributed by atoms with van der Waals surface area (Å²) in [6.07, 6.45) is 0.539. The molecule has 1 amide bonds. The van der Waals surface area contributed by atoms with Gasteiger partial charge in [0.05, 0.1) is 16.3 Å². The molecule has 4 rings (SSSR count). The second-order valence-corrected chi connectivity index (χ2v) is 8.44. The number of nitrogens with zero attached hydrogens (tertiary/aromatic N) is 4. The Morgan fingerprint density at radius 2 is 1.82 bits per heavy atom. The molecule has 0 N–H and O–H groups in total. The van der Waals surface area contributed by atoms with E-state index in [2.05, 4.69) is 15.0 Å². The third-order valence-electron chi connectivity index (χ3n) is 4.66. The number of piperazine rings is 1. The molecule has 1 aliphatic rings. The highest BCUT2D eigenvalue weighted by atomic mass is 32.1. The zero-order chi connectivity index (χ0) is 19.3. The maximum Gasteiger partial charge on any atom is 0.241 e. The van der Waals surface area contributed by atoms with E-state index in [9.17, 15) is 9.59 Å². The summed E-state index contributed by atoms with van der Waals surface area (Å²) in [7, 11) is 0. The van der Waals surface area contributed by atoms with Crippen molar-refractivity contribution in [3.8, 4) is 10.7 Å². The molecule has 3 aromatic rings. The number of aromatic nitrogens is 2. The van der Waals surface area contributed by atoms with Gasteiger partial charge in [0.25, 0.3) is 0 Å². The van der Waals surface area contributed by atoms with E-state index < -0.39 is 0 Å². The van der Waals surface area contributed by atoms with Crippen LogP contribution in [0.1, 0.15) is 28.4 Å². The Bertz CT molecular complexity index is 913. The molecule has 1 aliphatic heterocycles. The second kappa shape index (κ2) is 8.76. The summed E-state index contributed by atoms with van der Waals surface area (Å²) in [6.45, 7) is 3.38. The molecule has 1 fully saturated rings.